The Labute approximate surface area is 147 Å². The number of aromatic nitrogens is 5. The quantitative estimate of drug-likeness (QED) is 0.720. The van der Waals surface area contributed by atoms with Crippen LogP contribution in [0.5, 0.6) is 0 Å². The van der Waals surface area contributed by atoms with Gasteiger partial charge in [0.2, 0.25) is 0 Å². The van der Waals surface area contributed by atoms with Crippen LogP contribution in [0, 0.1) is 13.8 Å². The topological polar surface area (TPSA) is 59.7 Å². The van der Waals surface area contributed by atoms with Gasteiger partial charge in [-0.3, -0.25) is 4.68 Å². The summed E-state index contributed by atoms with van der Waals surface area (Å²) in [7, 11) is 1.96. The number of aryl methyl sites for hydroxylation is 3. The van der Waals surface area contributed by atoms with E-state index in [1.54, 1.807) is 6.33 Å². The van der Waals surface area contributed by atoms with E-state index in [0.29, 0.717) is 0 Å². The second kappa shape index (κ2) is 5.79. The van der Waals surface area contributed by atoms with Gasteiger partial charge in [0.15, 0.2) is 5.65 Å². The molecule has 1 atom stereocenters. The fourth-order valence-electron chi connectivity index (χ4n) is 3.90. The van der Waals surface area contributed by atoms with Crippen LogP contribution in [0.1, 0.15) is 36.8 Å². The molecule has 0 saturated carbocycles. The summed E-state index contributed by atoms with van der Waals surface area (Å²) in [5, 5.41) is 5.63. The first-order chi connectivity index (χ1) is 12.0. The summed E-state index contributed by atoms with van der Waals surface area (Å²) >= 11 is 0. The maximum absolute atomic E-state index is 4.98. The van der Waals surface area contributed by atoms with Crippen molar-refractivity contribution < 1.29 is 0 Å². The van der Waals surface area contributed by atoms with Gasteiger partial charge in [0.25, 0.3) is 0 Å². The number of rotatable bonds is 2. The summed E-state index contributed by atoms with van der Waals surface area (Å²) in [6.45, 7) is 8.29. The minimum atomic E-state index is 0.00344. The molecule has 6 nitrogen and oxygen atoms in total. The van der Waals surface area contributed by atoms with Crippen LogP contribution in [0.4, 0.5) is 5.82 Å². The second-order valence-corrected chi connectivity index (χ2v) is 7.38. The summed E-state index contributed by atoms with van der Waals surface area (Å²) in [5.41, 5.74) is 4.14. The van der Waals surface area contributed by atoms with Crippen LogP contribution >= 0.6 is 0 Å². The van der Waals surface area contributed by atoms with E-state index in [1.807, 2.05) is 25.6 Å². The van der Waals surface area contributed by atoms with Gasteiger partial charge in [-0.1, -0.05) is 6.92 Å². The molecule has 0 unspecified atom stereocenters. The molecular formula is C19H24N6. The average Bonchev–Trinajstić information content (AvgIpc) is 2.89. The molecule has 4 heterocycles. The van der Waals surface area contributed by atoms with Crippen LogP contribution < -0.4 is 4.90 Å². The third kappa shape index (κ3) is 2.75. The highest BCUT2D eigenvalue weighted by Crippen LogP contribution is 2.35. The highest BCUT2D eigenvalue weighted by Gasteiger charge is 2.35. The molecule has 0 aliphatic carbocycles. The van der Waals surface area contributed by atoms with E-state index in [-0.39, 0.29) is 5.41 Å². The molecule has 3 aromatic rings. The second-order valence-electron chi connectivity index (χ2n) is 7.38. The lowest BCUT2D eigenvalue weighted by Crippen LogP contribution is -2.45. The first-order valence-electron chi connectivity index (χ1n) is 8.81. The third-order valence-corrected chi connectivity index (χ3v) is 5.30. The van der Waals surface area contributed by atoms with Gasteiger partial charge in [-0.05, 0) is 38.8 Å². The fraction of sp³-hybridized carbons (Fsp3) is 0.474. The Morgan fingerprint density at radius 2 is 2.00 bits per heavy atom. The van der Waals surface area contributed by atoms with Crippen molar-refractivity contribution in [2.45, 2.75) is 39.0 Å². The molecule has 1 fully saturated rings. The Morgan fingerprint density at radius 1 is 1.16 bits per heavy atom. The molecule has 1 aliphatic heterocycles. The first kappa shape index (κ1) is 16.0. The van der Waals surface area contributed by atoms with Crippen molar-refractivity contribution in [3.63, 3.8) is 0 Å². The molecule has 0 spiro atoms. The maximum Gasteiger partial charge on any atom is 0.158 e. The van der Waals surface area contributed by atoms with Crippen LogP contribution in [-0.2, 0) is 12.5 Å². The first-order valence-corrected chi connectivity index (χ1v) is 8.81. The highest BCUT2D eigenvalue weighted by atomic mass is 15.3. The molecule has 6 heteroatoms. The number of pyridine rings is 1. The number of anilines is 1. The zero-order valence-electron chi connectivity index (χ0n) is 15.3. The van der Waals surface area contributed by atoms with Gasteiger partial charge in [-0.25, -0.2) is 15.0 Å². The largest absolute Gasteiger partial charge is 0.356 e. The minimum Gasteiger partial charge on any atom is -0.356 e. The lowest BCUT2D eigenvalue weighted by Gasteiger charge is -2.40. The van der Waals surface area contributed by atoms with Gasteiger partial charge in [-0.15, -0.1) is 0 Å². The van der Waals surface area contributed by atoms with Crippen molar-refractivity contribution in [2.75, 3.05) is 18.0 Å². The van der Waals surface area contributed by atoms with Crippen molar-refractivity contribution in [1.82, 2.24) is 24.7 Å². The molecule has 0 bridgehead atoms. The molecule has 1 saturated heterocycles. The summed E-state index contributed by atoms with van der Waals surface area (Å²) in [6.07, 6.45) is 3.91. The van der Waals surface area contributed by atoms with Gasteiger partial charge in [0.05, 0.1) is 11.4 Å². The van der Waals surface area contributed by atoms with Crippen molar-refractivity contribution >= 4 is 16.9 Å². The van der Waals surface area contributed by atoms with Crippen molar-refractivity contribution in [1.29, 1.82) is 0 Å². The van der Waals surface area contributed by atoms with Crippen molar-refractivity contribution in [3.8, 4) is 0 Å². The molecule has 0 radical (unpaired) electrons. The molecule has 130 valence electrons. The van der Waals surface area contributed by atoms with Gasteiger partial charge in [0.1, 0.15) is 12.1 Å². The van der Waals surface area contributed by atoms with Crippen LogP contribution in [0.3, 0.4) is 0 Å². The fourth-order valence-corrected chi connectivity index (χ4v) is 3.90. The van der Waals surface area contributed by atoms with E-state index in [4.69, 9.17) is 4.98 Å². The standard InChI is InChI=1S/C19H24N6/c1-13-10-17(21-12-20-13)25-9-5-8-19(3,11-25)16-7-6-15-14(2)23-24(4)18(15)22-16/h6-7,10,12H,5,8-9,11H2,1-4H3/t19-/m1/s1. The van der Waals surface area contributed by atoms with E-state index in [2.05, 4.69) is 45.1 Å². The lowest BCUT2D eigenvalue weighted by molar-refractivity contribution is 0.363. The Morgan fingerprint density at radius 3 is 2.80 bits per heavy atom. The summed E-state index contributed by atoms with van der Waals surface area (Å²) < 4.78 is 1.88. The third-order valence-electron chi connectivity index (χ3n) is 5.30. The molecule has 1 aliphatic rings. The smallest absolute Gasteiger partial charge is 0.158 e. The van der Waals surface area contributed by atoms with E-state index < -0.39 is 0 Å². The monoisotopic (exact) mass is 336 g/mol. The summed E-state index contributed by atoms with van der Waals surface area (Å²) in [6, 6.07) is 6.40. The number of fused-ring (bicyclic) bond motifs is 1. The Balaban J connectivity index is 1.70. The van der Waals surface area contributed by atoms with E-state index >= 15 is 0 Å². The summed E-state index contributed by atoms with van der Waals surface area (Å²) in [5.74, 6) is 1.01. The molecule has 25 heavy (non-hydrogen) atoms. The zero-order valence-corrected chi connectivity index (χ0v) is 15.3. The molecule has 0 N–H and O–H groups in total. The SMILES string of the molecule is Cc1cc(N2CCC[C@@](C)(c3ccc4c(C)nn(C)c4n3)C2)ncn1. The number of piperidine rings is 1. The highest BCUT2D eigenvalue weighted by molar-refractivity contribution is 5.78. The average molecular weight is 336 g/mol. The molecule has 4 rings (SSSR count). The van der Waals surface area contributed by atoms with Crippen molar-refractivity contribution in [2.24, 2.45) is 7.05 Å². The number of nitrogens with zero attached hydrogens (tertiary/aromatic N) is 6. The Kier molecular flexibility index (Phi) is 3.71. The van der Waals surface area contributed by atoms with Gasteiger partial charge < -0.3 is 4.90 Å². The zero-order chi connectivity index (χ0) is 17.6. The predicted molar refractivity (Wildman–Crippen MR) is 98.8 cm³/mol. The molecule has 3 aromatic heterocycles. The maximum atomic E-state index is 4.98. The van der Waals surface area contributed by atoms with Crippen LogP contribution in [0.15, 0.2) is 24.5 Å². The van der Waals surface area contributed by atoms with E-state index in [9.17, 15) is 0 Å². The van der Waals surface area contributed by atoms with Crippen LogP contribution in [0.25, 0.3) is 11.0 Å². The normalized spacial score (nSPS) is 21.0. The molecule has 0 aromatic carbocycles. The van der Waals surface area contributed by atoms with Crippen LogP contribution in [0.2, 0.25) is 0 Å². The van der Waals surface area contributed by atoms with Gasteiger partial charge >= 0.3 is 0 Å². The molecule has 0 amide bonds. The summed E-state index contributed by atoms with van der Waals surface area (Å²) in [4.78, 5) is 16.0. The Hall–Kier alpha value is -2.50. The Bertz CT molecular complexity index is 931. The van der Waals surface area contributed by atoms with Gasteiger partial charge in [-0.2, -0.15) is 5.10 Å². The number of hydrogen-bond acceptors (Lipinski definition) is 5. The van der Waals surface area contributed by atoms with Crippen molar-refractivity contribution in [3.05, 3.63) is 41.6 Å². The number of hydrogen-bond donors (Lipinski definition) is 0. The molecular weight excluding hydrogens is 312 g/mol. The predicted octanol–water partition coefficient (Wildman–Crippen LogP) is 2.93. The minimum absolute atomic E-state index is 0.00344. The van der Waals surface area contributed by atoms with E-state index in [0.717, 1.165) is 59.9 Å². The van der Waals surface area contributed by atoms with E-state index in [1.165, 1.54) is 0 Å². The van der Waals surface area contributed by atoms with Crippen LogP contribution in [-0.4, -0.2) is 37.8 Å². The van der Waals surface area contributed by atoms with Gasteiger partial charge in [0, 0.05) is 42.7 Å². The lowest BCUT2D eigenvalue weighted by atomic mass is 9.78.